The highest BCUT2D eigenvalue weighted by molar-refractivity contribution is 6.37. The van der Waals surface area contributed by atoms with Crippen LogP contribution < -0.4 is 0 Å². The number of hydrogen-bond donors (Lipinski definition) is 0. The summed E-state index contributed by atoms with van der Waals surface area (Å²) in [4.78, 5) is 8.44. The Morgan fingerprint density at radius 1 is 1.10 bits per heavy atom. The molecule has 0 saturated carbocycles. The van der Waals surface area contributed by atoms with Crippen LogP contribution in [0.2, 0.25) is 10.3 Å². The van der Waals surface area contributed by atoms with Crippen LogP contribution in [-0.2, 0) is 4.74 Å². The number of halogens is 3. The van der Waals surface area contributed by atoms with Crippen LogP contribution in [0.15, 0.2) is 24.3 Å². The van der Waals surface area contributed by atoms with Gasteiger partial charge in [0.25, 0.3) is 0 Å². The molecule has 0 spiro atoms. The number of aromatic nitrogens is 2. The molecule has 2 aromatic rings. The SMILES string of the molecule is COC(c1nc(Cl)c(-c2ccccc2F)c(Cl)n1)C(C)C. The molecule has 0 aliphatic carbocycles. The Labute approximate surface area is 133 Å². The normalized spacial score (nSPS) is 12.7. The fraction of sp³-hybridized carbons (Fsp3) is 0.333. The zero-order valence-electron chi connectivity index (χ0n) is 11.9. The summed E-state index contributed by atoms with van der Waals surface area (Å²) in [6, 6.07) is 6.21. The molecule has 0 radical (unpaired) electrons. The molecular weight excluding hydrogens is 314 g/mol. The van der Waals surface area contributed by atoms with Gasteiger partial charge in [-0.25, -0.2) is 14.4 Å². The van der Waals surface area contributed by atoms with E-state index < -0.39 is 5.82 Å². The molecular formula is C15H15Cl2FN2O. The molecule has 1 aromatic carbocycles. The summed E-state index contributed by atoms with van der Waals surface area (Å²) < 4.78 is 19.3. The van der Waals surface area contributed by atoms with Gasteiger partial charge in [0.15, 0.2) is 5.82 Å². The second kappa shape index (κ2) is 6.69. The maximum Gasteiger partial charge on any atom is 0.160 e. The Kier molecular flexibility index (Phi) is 5.14. The Bertz CT molecular complexity index is 626. The fourth-order valence-corrected chi connectivity index (χ4v) is 2.72. The van der Waals surface area contributed by atoms with E-state index >= 15 is 0 Å². The van der Waals surface area contributed by atoms with Crippen molar-refractivity contribution in [2.75, 3.05) is 7.11 Å². The van der Waals surface area contributed by atoms with Gasteiger partial charge in [-0.15, -0.1) is 0 Å². The first-order chi connectivity index (χ1) is 9.95. The largest absolute Gasteiger partial charge is 0.373 e. The number of ether oxygens (including phenoxy) is 1. The summed E-state index contributed by atoms with van der Waals surface area (Å²) in [6.07, 6.45) is -0.324. The standard InChI is InChI=1S/C15H15Cl2FN2O/c1-8(2)12(21-3)15-19-13(16)11(14(17)20-15)9-6-4-5-7-10(9)18/h4-8,12H,1-3H3. The van der Waals surface area contributed by atoms with Gasteiger partial charge in [-0.2, -0.15) is 0 Å². The second-order valence-corrected chi connectivity index (χ2v) is 5.63. The summed E-state index contributed by atoms with van der Waals surface area (Å²) in [6.45, 7) is 3.95. The molecule has 3 nitrogen and oxygen atoms in total. The van der Waals surface area contributed by atoms with Gasteiger partial charge in [-0.1, -0.05) is 55.2 Å². The van der Waals surface area contributed by atoms with Crippen molar-refractivity contribution in [2.45, 2.75) is 20.0 Å². The number of benzene rings is 1. The maximum atomic E-state index is 13.9. The molecule has 1 heterocycles. The molecule has 0 aliphatic heterocycles. The third kappa shape index (κ3) is 3.34. The number of nitrogens with zero attached hydrogens (tertiary/aromatic N) is 2. The lowest BCUT2D eigenvalue weighted by molar-refractivity contribution is 0.0575. The van der Waals surface area contributed by atoms with E-state index in [4.69, 9.17) is 27.9 Å². The molecule has 1 atom stereocenters. The molecule has 0 bridgehead atoms. The Balaban J connectivity index is 2.55. The smallest absolute Gasteiger partial charge is 0.160 e. The van der Waals surface area contributed by atoms with Crippen LogP contribution in [0.3, 0.4) is 0 Å². The van der Waals surface area contributed by atoms with Crippen LogP contribution in [0.4, 0.5) is 4.39 Å². The highest BCUT2D eigenvalue weighted by atomic mass is 35.5. The summed E-state index contributed by atoms with van der Waals surface area (Å²) in [5.74, 6) is 0.119. The first-order valence-corrected chi connectivity index (χ1v) is 7.22. The fourth-order valence-electron chi connectivity index (χ4n) is 2.11. The summed E-state index contributed by atoms with van der Waals surface area (Å²) in [5, 5.41) is 0.218. The number of methoxy groups -OCH3 is 1. The molecule has 0 amide bonds. The van der Waals surface area contributed by atoms with Gasteiger partial charge < -0.3 is 4.74 Å². The van der Waals surface area contributed by atoms with Crippen LogP contribution in [0.5, 0.6) is 0 Å². The molecule has 0 aliphatic rings. The van der Waals surface area contributed by atoms with Gasteiger partial charge in [0.2, 0.25) is 0 Å². The molecule has 6 heteroatoms. The second-order valence-electron chi connectivity index (χ2n) is 4.92. The maximum absolute atomic E-state index is 13.9. The molecule has 0 fully saturated rings. The van der Waals surface area contributed by atoms with Crippen LogP contribution in [0.1, 0.15) is 25.8 Å². The van der Waals surface area contributed by atoms with Gasteiger partial charge in [0.1, 0.15) is 22.2 Å². The van der Waals surface area contributed by atoms with Crippen LogP contribution in [0.25, 0.3) is 11.1 Å². The van der Waals surface area contributed by atoms with E-state index in [9.17, 15) is 4.39 Å². The zero-order valence-corrected chi connectivity index (χ0v) is 13.4. The lowest BCUT2D eigenvalue weighted by Crippen LogP contribution is -2.13. The van der Waals surface area contributed by atoms with Gasteiger partial charge in [0, 0.05) is 12.7 Å². The quantitative estimate of drug-likeness (QED) is 0.746. The van der Waals surface area contributed by atoms with Gasteiger partial charge in [0.05, 0.1) is 5.56 Å². The van der Waals surface area contributed by atoms with E-state index in [1.165, 1.54) is 6.07 Å². The van der Waals surface area contributed by atoms with Gasteiger partial charge in [-0.3, -0.25) is 0 Å². The highest BCUT2D eigenvalue weighted by Crippen LogP contribution is 2.35. The van der Waals surface area contributed by atoms with Crippen molar-refractivity contribution in [3.8, 4) is 11.1 Å². The average molecular weight is 329 g/mol. The van der Waals surface area contributed by atoms with E-state index in [1.54, 1.807) is 25.3 Å². The van der Waals surface area contributed by atoms with Crippen molar-refractivity contribution in [3.05, 3.63) is 46.2 Å². The predicted octanol–water partition coefficient (Wildman–Crippen LogP) is 4.93. The molecule has 21 heavy (non-hydrogen) atoms. The minimum absolute atomic E-state index is 0.109. The average Bonchev–Trinajstić information content (AvgIpc) is 2.40. The van der Waals surface area contributed by atoms with Gasteiger partial charge >= 0.3 is 0 Å². The molecule has 0 N–H and O–H groups in total. The summed E-state index contributed by atoms with van der Waals surface area (Å²) in [7, 11) is 1.57. The first-order valence-electron chi connectivity index (χ1n) is 6.46. The lowest BCUT2D eigenvalue weighted by Gasteiger charge is -2.19. The van der Waals surface area contributed by atoms with Crippen LogP contribution in [-0.4, -0.2) is 17.1 Å². The highest BCUT2D eigenvalue weighted by Gasteiger charge is 2.23. The van der Waals surface area contributed by atoms with Crippen molar-refractivity contribution < 1.29 is 9.13 Å². The minimum atomic E-state index is -0.426. The lowest BCUT2D eigenvalue weighted by atomic mass is 10.1. The van der Waals surface area contributed by atoms with E-state index in [-0.39, 0.29) is 27.9 Å². The third-order valence-corrected chi connectivity index (χ3v) is 3.64. The van der Waals surface area contributed by atoms with Crippen molar-refractivity contribution in [2.24, 2.45) is 5.92 Å². The van der Waals surface area contributed by atoms with E-state index in [2.05, 4.69) is 9.97 Å². The third-order valence-electron chi connectivity index (χ3n) is 3.10. The van der Waals surface area contributed by atoms with Crippen LogP contribution >= 0.6 is 23.2 Å². The Morgan fingerprint density at radius 3 is 2.14 bits per heavy atom. The van der Waals surface area contributed by atoms with Crippen molar-refractivity contribution in [1.82, 2.24) is 9.97 Å². The predicted molar refractivity (Wildman–Crippen MR) is 82.0 cm³/mol. The number of hydrogen-bond acceptors (Lipinski definition) is 3. The first kappa shape index (κ1) is 16.1. The zero-order chi connectivity index (χ0) is 15.6. The molecule has 1 aromatic heterocycles. The monoisotopic (exact) mass is 328 g/mol. The molecule has 112 valence electrons. The van der Waals surface area contributed by atoms with Crippen molar-refractivity contribution in [3.63, 3.8) is 0 Å². The van der Waals surface area contributed by atoms with Crippen LogP contribution in [0, 0.1) is 11.7 Å². The summed E-state index contributed by atoms with van der Waals surface area (Å²) >= 11 is 12.4. The topological polar surface area (TPSA) is 35.0 Å². The molecule has 1 unspecified atom stereocenters. The molecule has 0 saturated heterocycles. The molecule has 2 rings (SSSR count). The Morgan fingerprint density at radius 2 is 1.67 bits per heavy atom. The van der Waals surface area contributed by atoms with Crippen molar-refractivity contribution >= 4 is 23.2 Å². The van der Waals surface area contributed by atoms with E-state index in [0.717, 1.165) is 0 Å². The van der Waals surface area contributed by atoms with E-state index in [1.807, 2.05) is 13.8 Å². The minimum Gasteiger partial charge on any atom is -0.373 e. The van der Waals surface area contributed by atoms with E-state index in [0.29, 0.717) is 11.4 Å². The van der Waals surface area contributed by atoms with Crippen molar-refractivity contribution in [1.29, 1.82) is 0 Å². The number of rotatable bonds is 4. The Hall–Kier alpha value is -1.23. The van der Waals surface area contributed by atoms with Gasteiger partial charge in [-0.05, 0) is 12.0 Å². The summed E-state index contributed by atoms with van der Waals surface area (Å²) in [5.41, 5.74) is 0.566.